The van der Waals surface area contributed by atoms with Crippen LogP contribution in [0.3, 0.4) is 0 Å². The van der Waals surface area contributed by atoms with Gasteiger partial charge in [0.25, 0.3) is 5.91 Å². The lowest BCUT2D eigenvalue weighted by Crippen LogP contribution is -2.18. The van der Waals surface area contributed by atoms with Gasteiger partial charge in [0, 0.05) is 19.1 Å². The van der Waals surface area contributed by atoms with Gasteiger partial charge in [-0.1, -0.05) is 13.3 Å². The number of carbonyl (C=O) groups excluding carboxylic acids is 3. The van der Waals surface area contributed by atoms with Crippen molar-refractivity contribution in [3.8, 4) is 5.75 Å². The van der Waals surface area contributed by atoms with E-state index in [-0.39, 0.29) is 34.4 Å². The minimum absolute atomic E-state index is 0.0739. The fraction of sp³-hybridized carbons (Fsp3) is 0.316. The van der Waals surface area contributed by atoms with Crippen molar-refractivity contribution >= 4 is 29.4 Å². The molecular formula is C19H22N2O6. The van der Waals surface area contributed by atoms with Crippen LogP contribution in [0.25, 0.3) is 0 Å². The molecule has 27 heavy (non-hydrogen) atoms. The number of esters is 1. The number of benzene rings is 1. The van der Waals surface area contributed by atoms with Gasteiger partial charge in [-0.2, -0.15) is 0 Å². The van der Waals surface area contributed by atoms with E-state index in [1.54, 1.807) is 12.1 Å². The molecule has 2 rings (SSSR count). The van der Waals surface area contributed by atoms with E-state index < -0.39 is 11.9 Å². The fourth-order valence-electron chi connectivity index (χ4n) is 2.31. The van der Waals surface area contributed by atoms with E-state index in [4.69, 9.17) is 13.9 Å². The maximum Gasteiger partial charge on any atom is 0.341 e. The molecule has 1 heterocycles. The molecule has 2 aromatic rings. The average Bonchev–Trinajstić information content (AvgIpc) is 3.13. The van der Waals surface area contributed by atoms with E-state index in [9.17, 15) is 14.4 Å². The van der Waals surface area contributed by atoms with Gasteiger partial charge in [0.15, 0.2) is 5.88 Å². The molecule has 2 amide bonds. The molecule has 0 spiro atoms. The topological polar surface area (TPSA) is 107 Å². The molecule has 1 aromatic carbocycles. The van der Waals surface area contributed by atoms with E-state index in [0.717, 1.165) is 12.8 Å². The molecule has 144 valence electrons. The summed E-state index contributed by atoms with van der Waals surface area (Å²) in [5, 5.41) is 5.14. The quantitative estimate of drug-likeness (QED) is 0.541. The zero-order chi connectivity index (χ0) is 19.8. The van der Waals surface area contributed by atoms with Crippen molar-refractivity contribution in [3.63, 3.8) is 0 Å². The number of rotatable bonds is 8. The van der Waals surface area contributed by atoms with Crippen LogP contribution in [0.4, 0.5) is 11.6 Å². The van der Waals surface area contributed by atoms with Crippen LogP contribution in [0.1, 0.15) is 47.4 Å². The highest BCUT2D eigenvalue weighted by atomic mass is 16.5. The fourth-order valence-corrected chi connectivity index (χ4v) is 2.31. The van der Waals surface area contributed by atoms with Crippen molar-refractivity contribution in [1.82, 2.24) is 0 Å². The Balaban J connectivity index is 2.46. The first-order chi connectivity index (χ1) is 13.0. The van der Waals surface area contributed by atoms with Crippen molar-refractivity contribution in [3.05, 3.63) is 41.7 Å². The van der Waals surface area contributed by atoms with Gasteiger partial charge in [0.05, 0.1) is 31.2 Å². The van der Waals surface area contributed by atoms with Crippen LogP contribution in [-0.2, 0) is 9.53 Å². The lowest BCUT2D eigenvalue weighted by Gasteiger charge is -2.16. The number of nitrogens with one attached hydrogen (secondary N) is 2. The summed E-state index contributed by atoms with van der Waals surface area (Å²) < 4.78 is 15.5. The second kappa shape index (κ2) is 9.42. The van der Waals surface area contributed by atoms with Gasteiger partial charge in [-0.05, 0) is 18.6 Å². The Morgan fingerprint density at radius 2 is 1.93 bits per heavy atom. The van der Waals surface area contributed by atoms with E-state index in [2.05, 4.69) is 10.6 Å². The third-order valence-electron chi connectivity index (χ3n) is 3.59. The predicted molar refractivity (Wildman–Crippen MR) is 99.1 cm³/mol. The Morgan fingerprint density at radius 1 is 1.15 bits per heavy atom. The van der Waals surface area contributed by atoms with Gasteiger partial charge in [-0.3, -0.25) is 14.9 Å². The minimum Gasteiger partial charge on any atom is -0.493 e. The lowest BCUT2D eigenvalue weighted by molar-refractivity contribution is -0.114. The summed E-state index contributed by atoms with van der Waals surface area (Å²) in [5.74, 6) is -1.11. The molecule has 0 bridgehead atoms. The van der Waals surface area contributed by atoms with Gasteiger partial charge in [0.1, 0.15) is 11.3 Å². The van der Waals surface area contributed by atoms with Gasteiger partial charge in [-0.15, -0.1) is 0 Å². The minimum atomic E-state index is -0.650. The number of ether oxygens (including phenoxy) is 2. The Hall–Kier alpha value is -3.29. The highest BCUT2D eigenvalue weighted by molar-refractivity contribution is 6.11. The van der Waals surface area contributed by atoms with E-state index in [0.29, 0.717) is 6.61 Å². The average molecular weight is 374 g/mol. The SMILES string of the molecule is CCCCOc1cc(NC(C)=O)c(C(=O)Nc2ccco2)cc1C(=O)OC. The second-order valence-electron chi connectivity index (χ2n) is 5.70. The number of unbranched alkanes of at least 4 members (excludes halogenated alkanes) is 1. The normalized spacial score (nSPS) is 10.2. The summed E-state index contributed by atoms with van der Waals surface area (Å²) >= 11 is 0. The van der Waals surface area contributed by atoms with E-state index in [1.807, 2.05) is 6.92 Å². The number of carbonyl (C=O) groups is 3. The maximum atomic E-state index is 12.6. The monoisotopic (exact) mass is 374 g/mol. The zero-order valence-corrected chi connectivity index (χ0v) is 15.5. The largest absolute Gasteiger partial charge is 0.493 e. The molecule has 8 heteroatoms. The summed E-state index contributed by atoms with van der Waals surface area (Å²) in [6.45, 7) is 3.72. The molecule has 1 aromatic heterocycles. The van der Waals surface area contributed by atoms with Crippen LogP contribution < -0.4 is 15.4 Å². The third kappa shape index (κ3) is 5.34. The van der Waals surface area contributed by atoms with Crippen LogP contribution in [0.5, 0.6) is 5.75 Å². The molecule has 0 unspecified atom stereocenters. The number of hydrogen-bond acceptors (Lipinski definition) is 6. The highest BCUT2D eigenvalue weighted by Crippen LogP contribution is 2.29. The van der Waals surface area contributed by atoms with Crippen molar-refractivity contribution in [2.45, 2.75) is 26.7 Å². The number of amides is 2. The standard InChI is InChI=1S/C19H22N2O6/c1-4-5-8-26-16-11-15(20-12(2)22)13(10-14(16)19(24)25-3)18(23)21-17-7-6-9-27-17/h6-7,9-11H,4-5,8H2,1-3H3,(H,20,22)(H,21,23). The van der Waals surface area contributed by atoms with Crippen molar-refractivity contribution in [1.29, 1.82) is 0 Å². The van der Waals surface area contributed by atoms with Gasteiger partial charge >= 0.3 is 5.97 Å². The first-order valence-corrected chi connectivity index (χ1v) is 8.47. The molecule has 0 aliphatic carbocycles. The van der Waals surface area contributed by atoms with E-state index in [1.165, 1.54) is 32.4 Å². The van der Waals surface area contributed by atoms with Crippen LogP contribution in [0.2, 0.25) is 0 Å². The molecule has 0 fully saturated rings. The van der Waals surface area contributed by atoms with Crippen molar-refractivity contribution in [2.24, 2.45) is 0 Å². The first kappa shape index (κ1) is 20.0. The molecule has 0 saturated heterocycles. The molecule has 0 radical (unpaired) electrons. The van der Waals surface area contributed by atoms with Crippen LogP contribution in [-0.4, -0.2) is 31.5 Å². The summed E-state index contributed by atoms with van der Waals surface area (Å²) in [4.78, 5) is 36.3. The Kier molecular flexibility index (Phi) is 6.99. The summed E-state index contributed by atoms with van der Waals surface area (Å²) in [7, 11) is 1.24. The van der Waals surface area contributed by atoms with Crippen LogP contribution in [0.15, 0.2) is 34.9 Å². The first-order valence-electron chi connectivity index (χ1n) is 8.47. The molecule has 8 nitrogen and oxygen atoms in total. The summed E-state index contributed by atoms with van der Waals surface area (Å²) in [6.07, 6.45) is 3.11. The van der Waals surface area contributed by atoms with Gasteiger partial charge < -0.3 is 19.2 Å². The van der Waals surface area contributed by atoms with E-state index >= 15 is 0 Å². The number of hydrogen-bond donors (Lipinski definition) is 2. The lowest BCUT2D eigenvalue weighted by atomic mass is 10.1. The maximum absolute atomic E-state index is 12.6. The molecule has 0 aliphatic rings. The molecule has 0 saturated carbocycles. The highest BCUT2D eigenvalue weighted by Gasteiger charge is 2.22. The van der Waals surface area contributed by atoms with Crippen molar-refractivity contribution < 1.29 is 28.3 Å². The molecular weight excluding hydrogens is 352 g/mol. The smallest absolute Gasteiger partial charge is 0.341 e. The van der Waals surface area contributed by atoms with Gasteiger partial charge in [0.2, 0.25) is 5.91 Å². The predicted octanol–water partition coefficient (Wildman–Crippen LogP) is 3.46. The van der Waals surface area contributed by atoms with Gasteiger partial charge in [-0.25, -0.2) is 4.79 Å². The zero-order valence-electron chi connectivity index (χ0n) is 15.5. The molecule has 2 N–H and O–H groups in total. The van der Waals surface area contributed by atoms with Crippen LogP contribution >= 0.6 is 0 Å². The van der Waals surface area contributed by atoms with Crippen LogP contribution in [0, 0.1) is 0 Å². The Morgan fingerprint density at radius 3 is 2.52 bits per heavy atom. The third-order valence-corrected chi connectivity index (χ3v) is 3.59. The summed E-state index contributed by atoms with van der Waals surface area (Å²) in [5.41, 5.74) is 0.378. The molecule has 0 atom stereocenters. The number of anilines is 2. The second-order valence-corrected chi connectivity index (χ2v) is 5.70. The number of furan rings is 1. The van der Waals surface area contributed by atoms with Crippen molar-refractivity contribution in [2.75, 3.05) is 24.4 Å². The Labute approximate surface area is 156 Å². The molecule has 0 aliphatic heterocycles. The summed E-state index contributed by atoms with van der Waals surface area (Å²) in [6, 6.07) is 5.96. The Bertz CT molecular complexity index is 814. The number of methoxy groups -OCH3 is 1.